The fourth-order valence-corrected chi connectivity index (χ4v) is 4.87. The van der Waals surface area contributed by atoms with Crippen LogP contribution < -0.4 is 9.62 Å². The summed E-state index contributed by atoms with van der Waals surface area (Å²) in [6.45, 7) is 4.09. The molecule has 1 aromatic heterocycles. The molecule has 11 heteroatoms. The van der Waals surface area contributed by atoms with Gasteiger partial charge in [0, 0.05) is 32.4 Å². The second-order valence-electron chi connectivity index (χ2n) is 7.84. The van der Waals surface area contributed by atoms with E-state index in [2.05, 4.69) is 9.71 Å². The first-order chi connectivity index (χ1) is 15.0. The molecule has 174 valence electrons. The number of amides is 1. The highest BCUT2D eigenvalue weighted by Crippen LogP contribution is 2.35. The summed E-state index contributed by atoms with van der Waals surface area (Å²) in [5.74, 6) is -0.903. The number of piperazine rings is 1. The van der Waals surface area contributed by atoms with Gasteiger partial charge in [0.15, 0.2) is 0 Å². The molecular weight excluding hydrogens is 445 g/mol. The van der Waals surface area contributed by atoms with Crippen molar-refractivity contribution < 1.29 is 26.4 Å². The first-order valence-electron chi connectivity index (χ1n) is 10.1. The third-order valence-electron chi connectivity index (χ3n) is 5.25. The van der Waals surface area contributed by atoms with Gasteiger partial charge in [-0.3, -0.25) is 4.79 Å². The molecule has 2 aromatic rings. The van der Waals surface area contributed by atoms with E-state index >= 15 is 0 Å². The Morgan fingerprint density at radius 2 is 1.66 bits per heavy atom. The highest BCUT2D eigenvalue weighted by molar-refractivity contribution is 7.89. The van der Waals surface area contributed by atoms with Crippen LogP contribution in [0.4, 0.5) is 19.0 Å². The number of nitrogens with zero attached hydrogens (tertiary/aromatic N) is 3. The summed E-state index contributed by atoms with van der Waals surface area (Å²) >= 11 is 0. The van der Waals surface area contributed by atoms with E-state index in [0.29, 0.717) is 0 Å². The van der Waals surface area contributed by atoms with Crippen molar-refractivity contribution in [2.45, 2.75) is 31.0 Å². The summed E-state index contributed by atoms with van der Waals surface area (Å²) < 4.78 is 67.8. The van der Waals surface area contributed by atoms with Crippen LogP contribution in [0.15, 0.2) is 53.6 Å². The van der Waals surface area contributed by atoms with Crippen molar-refractivity contribution in [3.63, 3.8) is 0 Å². The Balaban J connectivity index is 1.71. The molecule has 1 aliphatic heterocycles. The van der Waals surface area contributed by atoms with Crippen molar-refractivity contribution in [1.29, 1.82) is 0 Å². The average molecular weight is 471 g/mol. The molecule has 32 heavy (non-hydrogen) atoms. The molecule has 1 fully saturated rings. The summed E-state index contributed by atoms with van der Waals surface area (Å²) in [6.07, 6.45) is -3.23. The molecule has 0 spiro atoms. The van der Waals surface area contributed by atoms with Crippen molar-refractivity contribution in [2.24, 2.45) is 5.92 Å². The number of nitrogens with one attached hydrogen (secondary N) is 1. The molecule has 1 unspecified atom stereocenters. The van der Waals surface area contributed by atoms with Crippen LogP contribution in [0.1, 0.15) is 19.4 Å². The molecule has 1 saturated heterocycles. The smallest absolute Gasteiger partial charge is 0.353 e. The molecule has 1 amide bonds. The first kappa shape index (κ1) is 24.0. The number of pyridine rings is 1. The molecule has 1 N–H and O–H groups in total. The number of benzene rings is 1. The molecule has 1 aliphatic rings. The third-order valence-corrected chi connectivity index (χ3v) is 6.71. The second-order valence-corrected chi connectivity index (χ2v) is 9.55. The van der Waals surface area contributed by atoms with Crippen LogP contribution in [0.25, 0.3) is 0 Å². The van der Waals surface area contributed by atoms with Crippen LogP contribution in [-0.4, -0.2) is 56.4 Å². The van der Waals surface area contributed by atoms with Crippen molar-refractivity contribution in [2.75, 3.05) is 31.1 Å². The van der Waals surface area contributed by atoms with Crippen LogP contribution in [0.2, 0.25) is 0 Å². The summed E-state index contributed by atoms with van der Waals surface area (Å²) in [5.41, 5.74) is -0.824. The number of rotatable bonds is 6. The standard InChI is InChI=1S/C21H25F3N4O3S/c1-15(2)18(26-32(30,31)16-7-4-3-5-8-16)20(29)28-13-11-27(12-14-28)19-17(21(22,23)24)9-6-10-25-19/h3-10,15,18,26H,11-14H2,1-2H3. The normalized spacial score (nSPS) is 16.3. The molecule has 0 bridgehead atoms. The van der Waals surface area contributed by atoms with E-state index in [1.807, 2.05) is 0 Å². The highest BCUT2D eigenvalue weighted by Gasteiger charge is 2.37. The fourth-order valence-electron chi connectivity index (χ4n) is 3.51. The van der Waals surface area contributed by atoms with Gasteiger partial charge in [0.05, 0.1) is 10.5 Å². The summed E-state index contributed by atoms with van der Waals surface area (Å²) in [6, 6.07) is 8.97. The molecule has 2 heterocycles. The highest BCUT2D eigenvalue weighted by atomic mass is 32.2. The van der Waals surface area contributed by atoms with E-state index in [1.165, 1.54) is 34.2 Å². The SMILES string of the molecule is CC(C)C(NS(=O)(=O)c1ccccc1)C(=O)N1CCN(c2ncccc2C(F)(F)F)CC1. The van der Waals surface area contributed by atoms with Gasteiger partial charge < -0.3 is 9.80 Å². The van der Waals surface area contributed by atoms with Gasteiger partial charge in [-0.1, -0.05) is 32.0 Å². The number of carbonyl (C=O) groups is 1. The summed E-state index contributed by atoms with van der Waals surface area (Å²) in [7, 11) is -3.91. The zero-order chi connectivity index (χ0) is 23.5. The Bertz CT molecular complexity index is 1040. The van der Waals surface area contributed by atoms with Gasteiger partial charge in [0.25, 0.3) is 0 Å². The number of alkyl halides is 3. The Morgan fingerprint density at radius 1 is 1.03 bits per heavy atom. The zero-order valence-electron chi connectivity index (χ0n) is 17.7. The second kappa shape index (κ2) is 9.45. The van der Waals surface area contributed by atoms with E-state index in [0.717, 1.165) is 6.07 Å². The number of sulfonamides is 1. The molecule has 3 rings (SSSR count). The van der Waals surface area contributed by atoms with Crippen molar-refractivity contribution >= 4 is 21.7 Å². The molecule has 1 aromatic carbocycles. The number of anilines is 1. The van der Waals surface area contributed by atoms with Gasteiger partial charge in [-0.2, -0.15) is 17.9 Å². The number of aromatic nitrogens is 1. The minimum atomic E-state index is -4.53. The average Bonchev–Trinajstić information content (AvgIpc) is 2.77. The van der Waals surface area contributed by atoms with E-state index in [9.17, 15) is 26.4 Å². The molecule has 1 atom stereocenters. The molecule has 0 radical (unpaired) electrons. The van der Waals surface area contributed by atoms with Gasteiger partial charge >= 0.3 is 6.18 Å². The predicted octanol–water partition coefficient (Wildman–Crippen LogP) is 2.75. The quantitative estimate of drug-likeness (QED) is 0.702. The maximum Gasteiger partial charge on any atom is 0.419 e. The number of carbonyl (C=O) groups excluding carboxylic acids is 1. The van der Waals surface area contributed by atoms with Gasteiger partial charge in [0.2, 0.25) is 15.9 Å². The lowest BCUT2D eigenvalue weighted by Crippen LogP contribution is -2.56. The van der Waals surface area contributed by atoms with E-state index < -0.39 is 33.7 Å². The minimum absolute atomic E-state index is 0.0538. The van der Waals surface area contributed by atoms with E-state index in [1.54, 1.807) is 32.0 Å². The van der Waals surface area contributed by atoms with Gasteiger partial charge in [0.1, 0.15) is 11.9 Å². The van der Waals surface area contributed by atoms with Crippen LogP contribution in [0.3, 0.4) is 0 Å². The number of hydrogen-bond acceptors (Lipinski definition) is 5. The summed E-state index contributed by atoms with van der Waals surface area (Å²) in [4.78, 5) is 20.0. The lowest BCUT2D eigenvalue weighted by atomic mass is 10.0. The minimum Gasteiger partial charge on any atom is -0.353 e. The van der Waals surface area contributed by atoms with Crippen molar-refractivity contribution in [3.05, 3.63) is 54.2 Å². The Kier molecular flexibility index (Phi) is 7.09. The molecule has 0 aliphatic carbocycles. The zero-order valence-corrected chi connectivity index (χ0v) is 18.5. The summed E-state index contributed by atoms with van der Waals surface area (Å²) in [5, 5.41) is 0. The Labute approximate surface area is 185 Å². The monoisotopic (exact) mass is 470 g/mol. The Morgan fingerprint density at radius 3 is 2.22 bits per heavy atom. The van der Waals surface area contributed by atoms with E-state index in [4.69, 9.17) is 0 Å². The largest absolute Gasteiger partial charge is 0.419 e. The van der Waals surface area contributed by atoms with Crippen LogP contribution >= 0.6 is 0 Å². The first-order valence-corrected chi connectivity index (χ1v) is 11.6. The van der Waals surface area contributed by atoms with Crippen LogP contribution in [-0.2, 0) is 21.0 Å². The third kappa shape index (κ3) is 5.39. The molecular formula is C21H25F3N4O3S. The van der Waals surface area contributed by atoms with Crippen molar-refractivity contribution in [1.82, 2.24) is 14.6 Å². The number of halogens is 3. The number of hydrogen-bond donors (Lipinski definition) is 1. The maximum absolute atomic E-state index is 13.3. The lowest BCUT2D eigenvalue weighted by molar-refractivity contribution is -0.138. The predicted molar refractivity (Wildman–Crippen MR) is 113 cm³/mol. The Hall–Kier alpha value is -2.66. The van der Waals surface area contributed by atoms with Gasteiger partial charge in [-0.25, -0.2) is 13.4 Å². The van der Waals surface area contributed by atoms with Crippen LogP contribution in [0.5, 0.6) is 0 Å². The van der Waals surface area contributed by atoms with E-state index in [-0.39, 0.29) is 42.8 Å². The lowest BCUT2D eigenvalue weighted by Gasteiger charge is -2.38. The maximum atomic E-state index is 13.3. The van der Waals surface area contributed by atoms with Gasteiger partial charge in [-0.05, 0) is 30.2 Å². The van der Waals surface area contributed by atoms with Crippen LogP contribution in [0, 0.1) is 5.92 Å². The van der Waals surface area contributed by atoms with Gasteiger partial charge in [-0.15, -0.1) is 0 Å². The fraction of sp³-hybridized carbons (Fsp3) is 0.429. The topological polar surface area (TPSA) is 82.6 Å². The molecule has 0 saturated carbocycles. The molecule has 7 nitrogen and oxygen atoms in total. The van der Waals surface area contributed by atoms with Crippen molar-refractivity contribution in [3.8, 4) is 0 Å².